The van der Waals surface area contributed by atoms with Crippen LogP contribution < -0.4 is 5.32 Å². The molecule has 1 aromatic carbocycles. The number of hydrogen-bond acceptors (Lipinski definition) is 3. The number of aliphatic carboxylic acids is 1. The van der Waals surface area contributed by atoms with Crippen LogP contribution in [0.15, 0.2) is 40.9 Å². The van der Waals surface area contributed by atoms with Gasteiger partial charge in [0.1, 0.15) is 6.04 Å². The van der Waals surface area contributed by atoms with E-state index in [1.165, 1.54) is 10.4 Å². The number of benzene rings is 1. The number of carboxylic acid groups (broad SMARTS) is 1. The van der Waals surface area contributed by atoms with E-state index in [2.05, 4.69) is 39.4 Å². The summed E-state index contributed by atoms with van der Waals surface area (Å²) in [5.41, 5.74) is 1.17. The van der Waals surface area contributed by atoms with E-state index >= 15 is 0 Å². The topological polar surface area (TPSA) is 49.3 Å². The van der Waals surface area contributed by atoms with Crippen LogP contribution in [0.2, 0.25) is 0 Å². The lowest BCUT2D eigenvalue weighted by Gasteiger charge is -2.17. The molecule has 1 heterocycles. The first-order valence-corrected chi connectivity index (χ1v) is 8.39. The number of rotatable bonds is 6. The average Bonchev–Trinajstić information content (AvgIpc) is 2.87. The van der Waals surface area contributed by atoms with Crippen LogP contribution in [-0.2, 0) is 11.3 Å². The van der Waals surface area contributed by atoms with Crippen LogP contribution in [0.25, 0.3) is 10.4 Å². The Kier molecular flexibility index (Phi) is 5.56. The fraction of sp³-hybridized carbons (Fsp3) is 0.312. The van der Waals surface area contributed by atoms with E-state index in [0.29, 0.717) is 6.54 Å². The molecule has 0 unspecified atom stereocenters. The van der Waals surface area contributed by atoms with Crippen molar-refractivity contribution in [1.82, 2.24) is 5.32 Å². The highest BCUT2D eigenvalue weighted by Crippen LogP contribution is 2.29. The van der Waals surface area contributed by atoms with Crippen molar-refractivity contribution in [3.63, 3.8) is 0 Å². The number of carbonyl (C=O) groups is 1. The molecule has 2 aromatic rings. The molecule has 0 fully saturated rings. The lowest BCUT2D eigenvalue weighted by molar-refractivity contribution is -0.140. The van der Waals surface area contributed by atoms with Gasteiger partial charge in [-0.05, 0) is 35.7 Å². The molecular formula is C16H18BrNO2S. The Morgan fingerprint density at radius 3 is 2.48 bits per heavy atom. The third-order valence-electron chi connectivity index (χ3n) is 3.22. The van der Waals surface area contributed by atoms with Crippen LogP contribution in [-0.4, -0.2) is 17.1 Å². The van der Waals surface area contributed by atoms with Gasteiger partial charge in [0.25, 0.3) is 0 Å². The monoisotopic (exact) mass is 367 g/mol. The third kappa shape index (κ3) is 4.40. The van der Waals surface area contributed by atoms with Gasteiger partial charge < -0.3 is 5.11 Å². The van der Waals surface area contributed by atoms with E-state index in [1.54, 1.807) is 11.3 Å². The van der Waals surface area contributed by atoms with Crippen LogP contribution in [0.1, 0.15) is 18.7 Å². The molecule has 2 rings (SSSR count). The summed E-state index contributed by atoms with van der Waals surface area (Å²) < 4.78 is 1.06. The van der Waals surface area contributed by atoms with Crippen molar-refractivity contribution in [2.75, 3.05) is 0 Å². The van der Waals surface area contributed by atoms with Crippen LogP contribution in [0.4, 0.5) is 0 Å². The molecule has 0 amide bonds. The average molecular weight is 368 g/mol. The highest BCUT2D eigenvalue weighted by Gasteiger charge is 2.20. The number of nitrogens with one attached hydrogen (secondary N) is 1. The van der Waals surface area contributed by atoms with E-state index in [1.807, 2.05) is 32.0 Å². The summed E-state index contributed by atoms with van der Waals surface area (Å²) in [5.74, 6) is -0.733. The summed E-state index contributed by atoms with van der Waals surface area (Å²) in [6.07, 6.45) is 0. The maximum Gasteiger partial charge on any atom is 0.320 e. The fourth-order valence-corrected chi connectivity index (χ4v) is 3.29. The Bertz CT molecular complexity index is 607. The molecule has 0 spiro atoms. The second-order valence-electron chi connectivity index (χ2n) is 5.21. The second kappa shape index (κ2) is 7.20. The molecule has 21 heavy (non-hydrogen) atoms. The van der Waals surface area contributed by atoms with Crippen molar-refractivity contribution in [3.8, 4) is 10.4 Å². The summed E-state index contributed by atoms with van der Waals surface area (Å²) in [5, 5.41) is 12.3. The van der Waals surface area contributed by atoms with Crippen molar-refractivity contribution >= 4 is 33.2 Å². The number of hydrogen-bond donors (Lipinski definition) is 2. The van der Waals surface area contributed by atoms with Crippen molar-refractivity contribution in [1.29, 1.82) is 0 Å². The summed E-state index contributed by atoms with van der Waals surface area (Å²) in [7, 11) is 0. The lowest BCUT2D eigenvalue weighted by atomic mass is 10.1. The summed E-state index contributed by atoms with van der Waals surface area (Å²) in [4.78, 5) is 13.5. The summed E-state index contributed by atoms with van der Waals surface area (Å²) in [6, 6.07) is 11.8. The lowest BCUT2D eigenvalue weighted by Crippen LogP contribution is -2.40. The van der Waals surface area contributed by atoms with E-state index in [4.69, 9.17) is 5.11 Å². The first kappa shape index (κ1) is 16.2. The summed E-state index contributed by atoms with van der Waals surface area (Å²) >= 11 is 5.12. The maximum absolute atomic E-state index is 11.2. The maximum atomic E-state index is 11.2. The molecule has 0 saturated carbocycles. The zero-order chi connectivity index (χ0) is 15.4. The molecule has 2 N–H and O–H groups in total. The second-order valence-corrected chi connectivity index (χ2v) is 7.30. The van der Waals surface area contributed by atoms with Gasteiger partial charge in [-0.15, -0.1) is 11.3 Å². The SMILES string of the molecule is CC(C)[C@@H](NCc1ccc(-c2ccc(Br)cc2)s1)C(=O)O. The first-order chi connectivity index (χ1) is 9.97. The minimum Gasteiger partial charge on any atom is -0.480 e. The quantitative estimate of drug-likeness (QED) is 0.796. The van der Waals surface area contributed by atoms with Crippen molar-refractivity contribution in [2.24, 2.45) is 5.92 Å². The normalized spacial score (nSPS) is 12.6. The van der Waals surface area contributed by atoms with Gasteiger partial charge >= 0.3 is 5.97 Å². The Labute approximate surface area is 137 Å². The van der Waals surface area contributed by atoms with Crippen LogP contribution >= 0.6 is 27.3 Å². The third-order valence-corrected chi connectivity index (χ3v) is 4.88. The van der Waals surface area contributed by atoms with Crippen LogP contribution in [0, 0.1) is 5.92 Å². The van der Waals surface area contributed by atoms with Gasteiger partial charge in [-0.2, -0.15) is 0 Å². The van der Waals surface area contributed by atoms with Gasteiger partial charge in [-0.1, -0.05) is 41.9 Å². The molecule has 112 valence electrons. The Morgan fingerprint density at radius 1 is 1.24 bits per heavy atom. The van der Waals surface area contributed by atoms with Gasteiger partial charge in [0, 0.05) is 20.8 Å². The highest BCUT2D eigenvalue weighted by molar-refractivity contribution is 9.10. The van der Waals surface area contributed by atoms with Crippen LogP contribution in [0.3, 0.4) is 0 Å². The van der Waals surface area contributed by atoms with E-state index in [0.717, 1.165) is 9.35 Å². The van der Waals surface area contributed by atoms with E-state index < -0.39 is 12.0 Å². The van der Waals surface area contributed by atoms with Gasteiger partial charge in [-0.3, -0.25) is 10.1 Å². The predicted octanol–water partition coefficient (Wildman–Crippen LogP) is 4.38. The smallest absolute Gasteiger partial charge is 0.320 e. The molecule has 3 nitrogen and oxygen atoms in total. The largest absolute Gasteiger partial charge is 0.480 e. The number of carboxylic acids is 1. The Morgan fingerprint density at radius 2 is 1.90 bits per heavy atom. The molecule has 0 bridgehead atoms. The van der Waals surface area contributed by atoms with E-state index in [-0.39, 0.29) is 5.92 Å². The van der Waals surface area contributed by atoms with Gasteiger partial charge in [0.15, 0.2) is 0 Å². The minimum absolute atomic E-state index is 0.0633. The zero-order valence-corrected chi connectivity index (χ0v) is 14.4. The van der Waals surface area contributed by atoms with Gasteiger partial charge in [-0.25, -0.2) is 0 Å². The fourth-order valence-electron chi connectivity index (χ4n) is 2.06. The predicted molar refractivity (Wildman–Crippen MR) is 90.6 cm³/mol. The van der Waals surface area contributed by atoms with Crippen LogP contribution in [0.5, 0.6) is 0 Å². The molecule has 0 radical (unpaired) electrons. The van der Waals surface area contributed by atoms with Gasteiger partial charge in [0.2, 0.25) is 0 Å². The molecule has 0 aliphatic heterocycles. The van der Waals surface area contributed by atoms with Crippen molar-refractivity contribution in [3.05, 3.63) is 45.7 Å². The molecule has 0 saturated heterocycles. The molecule has 5 heteroatoms. The first-order valence-electron chi connectivity index (χ1n) is 6.78. The zero-order valence-electron chi connectivity index (χ0n) is 12.0. The van der Waals surface area contributed by atoms with E-state index in [9.17, 15) is 4.79 Å². The molecule has 0 aliphatic carbocycles. The minimum atomic E-state index is -0.797. The molecule has 0 aliphatic rings. The summed E-state index contributed by atoms with van der Waals surface area (Å²) in [6.45, 7) is 4.40. The Balaban J connectivity index is 2.03. The molecular weight excluding hydrogens is 350 g/mol. The van der Waals surface area contributed by atoms with Gasteiger partial charge in [0.05, 0.1) is 0 Å². The van der Waals surface area contributed by atoms with Crippen molar-refractivity contribution < 1.29 is 9.90 Å². The highest BCUT2D eigenvalue weighted by atomic mass is 79.9. The molecule has 1 atom stereocenters. The molecule has 1 aromatic heterocycles. The van der Waals surface area contributed by atoms with Crippen molar-refractivity contribution in [2.45, 2.75) is 26.4 Å². The Hall–Kier alpha value is -1.17. The number of thiophene rings is 1. The number of halogens is 1. The standard InChI is InChI=1S/C16H18BrNO2S/c1-10(2)15(16(19)20)18-9-13-7-8-14(21-13)11-3-5-12(17)6-4-11/h3-8,10,15,18H,9H2,1-2H3,(H,19,20)/t15-/m1/s1.